The highest BCUT2D eigenvalue weighted by Gasteiger charge is 2.45. The maximum atomic E-state index is 14.4. The zero-order valence-electron chi connectivity index (χ0n) is 18.6. The minimum atomic E-state index is -1.57. The summed E-state index contributed by atoms with van der Waals surface area (Å²) in [7, 11) is 0. The lowest BCUT2D eigenvalue weighted by Crippen LogP contribution is -2.60. The van der Waals surface area contributed by atoms with Gasteiger partial charge in [0.25, 0.3) is 0 Å². The molecule has 2 heterocycles. The molecule has 9 nitrogen and oxygen atoms in total. The number of aliphatic hydroxyl groups is 4. The zero-order valence-corrected chi connectivity index (χ0v) is 18.6. The lowest BCUT2D eigenvalue weighted by molar-refractivity contribution is -0.278. The van der Waals surface area contributed by atoms with Gasteiger partial charge in [-0.15, -0.1) is 5.10 Å². The van der Waals surface area contributed by atoms with Crippen molar-refractivity contribution in [3.63, 3.8) is 0 Å². The molecule has 5 atom stereocenters. The standard InChI is InChI=1S/C22H31FN2O7/c1-5-30-16-7-6-13(9-15(16)23)8-14-12(4)25(11(2)3)24-21(14)32-22-20(29)19(28)18(27)17(10-26)31-22/h6-7,9,11,17-20,22,26-29H,5,8,10H2,1-4H3/t17?,18-,19+,20-,22+/m1/s1. The van der Waals surface area contributed by atoms with Gasteiger partial charge in [0.15, 0.2) is 11.6 Å². The molecule has 10 heteroatoms. The average Bonchev–Trinajstić information content (AvgIpc) is 3.06. The second-order valence-electron chi connectivity index (χ2n) is 8.10. The summed E-state index contributed by atoms with van der Waals surface area (Å²) in [6.07, 6.45) is -6.80. The van der Waals surface area contributed by atoms with E-state index in [4.69, 9.17) is 14.2 Å². The highest BCUT2D eigenvalue weighted by molar-refractivity contribution is 5.39. The molecule has 0 spiro atoms. The van der Waals surface area contributed by atoms with Crippen LogP contribution in [0.5, 0.6) is 11.6 Å². The molecule has 1 unspecified atom stereocenters. The van der Waals surface area contributed by atoms with Gasteiger partial charge in [-0.1, -0.05) is 6.07 Å². The molecule has 32 heavy (non-hydrogen) atoms. The maximum absolute atomic E-state index is 14.4. The molecule has 0 aliphatic carbocycles. The van der Waals surface area contributed by atoms with E-state index in [1.54, 1.807) is 23.7 Å². The minimum Gasteiger partial charge on any atom is -0.491 e. The van der Waals surface area contributed by atoms with Gasteiger partial charge in [0.2, 0.25) is 12.2 Å². The van der Waals surface area contributed by atoms with Gasteiger partial charge in [-0.05, 0) is 45.4 Å². The van der Waals surface area contributed by atoms with Gasteiger partial charge in [-0.3, -0.25) is 4.68 Å². The minimum absolute atomic E-state index is 0.00188. The largest absolute Gasteiger partial charge is 0.491 e. The number of ether oxygens (including phenoxy) is 3. The summed E-state index contributed by atoms with van der Waals surface area (Å²) in [5, 5.41) is 44.2. The SMILES string of the molecule is CCOc1ccc(Cc2c(O[C@@H]3OC(CO)[C@@H](O)[C@H](O)[C@H]3O)nn(C(C)C)c2C)cc1F. The Morgan fingerprint density at radius 3 is 2.50 bits per heavy atom. The van der Waals surface area contributed by atoms with Crippen molar-refractivity contribution in [2.75, 3.05) is 13.2 Å². The van der Waals surface area contributed by atoms with Crippen molar-refractivity contribution in [1.29, 1.82) is 0 Å². The predicted octanol–water partition coefficient (Wildman–Crippen LogP) is 1.08. The molecule has 1 fully saturated rings. The molecule has 2 aromatic rings. The summed E-state index contributed by atoms with van der Waals surface area (Å²) < 4.78 is 32.6. The Balaban J connectivity index is 1.91. The van der Waals surface area contributed by atoms with E-state index in [1.165, 1.54) is 6.07 Å². The van der Waals surface area contributed by atoms with Crippen LogP contribution in [0.2, 0.25) is 0 Å². The highest BCUT2D eigenvalue weighted by Crippen LogP contribution is 2.31. The van der Waals surface area contributed by atoms with Crippen LogP contribution >= 0.6 is 0 Å². The smallest absolute Gasteiger partial charge is 0.239 e. The molecule has 1 aliphatic heterocycles. The average molecular weight is 454 g/mol. The molecule has 0 radical (unpaired) electrons. The molecular formula is C22H31FN2O7. The molecular weight excluding hydrogens is 423 g/mol. The molecule has 3 rings (SSSR count). The first kappa shape index (κ1) is 24.4. The van der Waals surface area contributed by atoms with Crippen LogP contribution in [-0.2, 0) is 11.2 Å². The Morgan fingerprint density at radius 1 is 1.19 bits per heavy atom. The number of rotatable bonds is 8. The molecule has 1 aromatic carbocycles. The van der Waals surface area contributed by atoms with Gasteiger partial charge >= 0.3 is 0 Å². The van der Waals surface area contributed by atoms with Crippen LogP contribution < -0.4 is 9.47 Å². The molecule has 0 bridgehead atoms. The molecule has 1 aromatic heterocycles. The monoisotopic (exact) mass is 454 g/mol. The van der Waals surface area contributed by atoms with Crippen molar-refractivity contribution in [2.24, 2.45) is 0 Å². The van der Waals surface area contributed by atoms with Crippen LogP contribution in [0, 0.1) is 12.7 Å². The van der Waals surface area contributed by atoms with E-state index in [1.807, 2.05) is 20.8 Å². The van der Waals surface area contributed by atoms with Crippen LogP contribution in [0.3, 0.4) is 0 Å². The van der Waals surface area contributed by atoms with E-state index in [0.717, 1.165) is 5.69 Å². The lowest BCUT2D eigenvalue weighted by Gasteiger charge is -2.39. The van der Waals surface area contributed by atoms with Crippen LogP contribution in [-0.4, -0.2) is 74.1 Å². The Morgan fingerprint density at radius 2 is 1.91 bits per heavy atom. The first-order chi connectivity index (χ1) is 15.2. The van der Waals surface area contributed by atoms with Crippen molar-refractivity contribution in [3.05, 3.63) is 40.8 Å². The number of aliphatic hydroxyl groups excluding tert-OH is 4. The summed E-state index contributed by atoms with van der Waals surface area (Å²) in [5.41, 5.74) is 2.10. The van der Waals surface area contributed by atoms with E-state index >= 15 is 0 Å². The van der Waals surface area contributed by atoms with Gasteiger partial charge in [0.05, 0.1) is 13.2 Å². The fourth-order valence-electron chi connectivity index (χ4n) is 3.73. The lowest BCUT2D eigenvalue weighted by atomic mass is 9.99. The molecule has 178 valence electrons. The summed E-state index contributed by atoms with van der Waals surface area (Å²) in [6, 6.07) is 4.69. The Kier molecular flexibility index (Phi) is 7.73. The number of hydrogen-bond acceptors (Lipinski definition) is 8. The normalized spacial score (nSPS) is 25.9. The van der Waals surface area contributed by atoms with Gasteiger partial charge in [0.1, 0.15) is 24.4 Å². The Labute approximate surface area is 186 Å². The van der Waals surface area contributed by atoms with Crippen molar-refractivity contribution < 1.29 is 39.0 Å². The van der Waals surface area contributed by atoms with Crippen molar-refractivity contribution >= 4 is 0 Å². The summed E-state index contributed by atoms with van der Waals surface area (Å²) in [4.78, 5) is 0. The van der Waals surface area contributed by atoms with Crippen LogP contribution in [0.25, 0.3) is 0 Å². The van der Waals surface area contributed by atoms with E-state index in [9.17, 15) is 24.8 Å². The van der Waals surface area contributed by atoms with Crippen LogP contribution in [0.4, 0.5) is 4.39 Å². The van der Waals surface area contributed by atoms with Gasteiger partial charge in [0, 0.05) is 23.7 Å². The molecule has 0 amide bonds. The Bertz CT molecular complexity index is 918. The Hall–Kier alpha value is -2.24. The molecule has 1 saturated heterocycles. The molecule has 4 N–H and O–H groups in total. The fraction of sp³-hybridized carbons (Fsp3) is 0.591. The first-order valence-electron chi connectivity index (χ1n) is 10.6. The third-order valence-electron chi connectivity index (χ3n) is 5.48. The summed E-state index contributed by atoms with van der Waals surface area (Å²) in [5.74, 6) is -0.159. The van der Waals surface area contributed by atoms with Crippen LogP contribution in [0.1, 0.15) is 43.6 Å². The van der Waals surface area contributed by atoms with E-state index in [0.29, 0.717) is 17.7 Å². The first-order valence-corrected chi connectivity index (χ1v) is 10.6. The zero-order chi connectivity index (χ0) is 23.6. The van der Waals surface area contributed by atoms with Crippen molar-refractivity contribution in [2.45, 2.75) is 70.9 Å². The summed E-state index contributed by atoms with van der Waals surface area (Å²) >= 11 is 0. The number of nitrogens with zero attached hydrogens (tertiary/aromatic N) is 2. The van der Waals surface area contributed by atoms with Gasteiger partial charge in [-0.2, -0.15) is 0 Å². The molecule has 1 aliphatic rings. The quantitative estimate of drug-likeness (QED) is 0.467. The van der Waals surface area contributed by atoms with Crippen LogP contribution in [0.15, 0.2) is 18.2 Å². The van der Waals surface area contributed by atoms with Crippen molar-refractivity contribution in [1.82, 2.24) is 9.78 Å². The third-order valence-corrected chi connectivity index (χ3v) is 5.48. The van der Waals surface area contributed by atoms with E-state index in [2.05, 4.69) is 5.10 Å². The summed E-state index contributed by atoms with van der Waals surface area (Å²) in [6.45, 7) is 7.30. The second kappa shape index (κ2) is 10.1. The van der Waals surface area contributed by atoms with Crippen molar-refractivity contribution in [3.8, 4) is 11.6 Å². The van der Waals surface area contributed by atoms with Gasteiger partial charge < -0.3 is 34.6 Å². The third kappa shape index (κ3) is 4.89. The maximum Gasteiger partial charge on any atom is 0.239 e. The van der Waals surface area contributed by atoms with E-state index in [-0.39, 0.29) is 24.1 Å². The molecule has 0 saturated carbocycles. The highest BCUT2D eigenvalue weighted by atomic mass is 19.1. The predicted molar refractivity (Wildman–Crippen MR) is 112 cm³/mol. The number of benzene rings is 1. The number of aromatic nitrogens is 2. The number of hydrogen-bond donors (Lipinski definition) is 4. The topological polar surface area (TPSA) is 126 Å². The fourth-order valence-corrected chi connectivity index (χ4v) is 3.73. The number of halogens is 1. The second-order valence-corrected chi connectivity index (χ2v) is 8.10. The van der Waals surface area contributed by atoms with Gasteiger partial charge in [-0.25, -0.2) is 4.39 Å². The van der Waals surface area contributed by atoms with E-state index < -0.39 is 43.1 Å².